The Balaban J connectivity index is 1.26. The number of anilines is 3. The van der Waals surface area contributed by atoms with E-state index in [1.165, 1.54) is 18.2 Å². The SMILES string of the molecule is CN(CC1CCC(Nc2ccc(N(O)O)c(C(F)(F)F)c2)CC1)C(=O)C1(C)CCN(c2ccc(F)cc2)CC1. The number of alkyl halides is 3. The molecule has 0 spiro atoms. The van der Waals surface area contributed by atoms with Gasteiger partial charge in [0.1, 0.15) is 11.5 Å². The van der Waals surface area contributed by atoms with Crippen LogP contribution < -0.4 is 15.4 Å². The molecule has 4 rings (SSSR count). The van der Waals surface area contributed by atoms with E-state index < -0.39 is 28.1 Å². The van der Waals surface area contributed by atoms with E-state index >= 15 is 0 Å². The molecule has 1 aliphatic carbocycles. The number of benzene rings is 2. The van der Waals surface area contributed by atoms with Gasteiger partial charge in [0.2, 0.25) is 5.91 Å². The first-order chi connectivity index (χ1) is 18.4. The van der Waals surface area contributed by atoms with Crippen molar-refractivity contribution in [2.24, 2.45) is 11.3 Å². The van der Waals surface area contributed by atoms with Crippen molar-refractivity contribution in [3.8, 4) is 0 Å². The van der Waals surface area contributed by atoms with Crippen molar-refractivity contribution >= 4 is 23.0 Å². The maximum Gasteiger partial charge on any atom is 0.418 e. The molecule has 2 aliphatic rings. The third-order valence-corrected chi connectivity index (χ3v) is 8.19. The summed E-state index contributed by atoms with van der Waals surface area (Å²) < 4.78 is 53.3. The smallest absolute Gasteiger partial charge is 0.382 e. The summed E-state index contributed by atoms with van der Waals surface area (Å²) >= 11 is 0. The van der Waals surface area contributed by atoms with Gasteiger partial charge >= 0.3 is 6.18 Å². The second kappa shape index (κ2) is 11.6. The monoisotopic (exact) mass is 552 g/mol. The van der Waals surface area contributed by atoms with E-state index in [0.29, 0.717) is 25.3 Å². The lowest BCUT2D eigenvalue weighted by Gasteiger charge is -2.42. The van der Waals surface area contributed by atoms with Gasteiger partial charge in [0, 0.05) is 49.5 Å². The normalized spacial score (nSPS) is 21.4. The highest BCUT2D eigenvalue weighted by Gasteiger charge is 2.39. The van der Waals surface area contributed by atoms with Crippen LogP contribution in [0, 0.1) is 17.2 Å². The number of halogens is 4. The second-order valence-electron chi connectivity index (χ2n) is 11.1. The summed E-state index contributed by atoms with van der Waals surface area (Å²) in [4.78, 5) is 17.4. The van der Waals surface area contributed by atoms with Crippen LogP contribution in [0.3, 0.4) is 0 Å². The van der Waals surface area contributed by atoms with Crippen LogP contribution in [0.1, 0.15) is 51.0 Å². The Hall–Kier alpha value is -3.05. The summed E-state index contributed by atoms with van der Waals surface area (Å²) in [6.07, 6.45) is -0.108. The molecule has 0 aromatic heterocycles. The molecule has 2 fully saturated rings. The van der Waals surface area contributed by atoms with Gasteiger partial charge in [-0.1, -0.05) is 6.92 Å². The van der Waals surface area contributed by atoms with E-state index in [1.54, 1.807) is 12.1 Å². The van der Waals surface area contributed by atoms with Crippen molar-refractivity contribution in [1.29, 1.82) is 0 Å². The van der Waals surface area contributed by atoms with Crippen molar-refractivity contribution in [2.45, 2.75) is 57.7 Å². The number of carbonyl (C=O) groups excluding carboxylic acids is 1. The second-order valence-corrected chi connectivity index (χ2v) is 11.1. The van der Waals surface area contributed by atoms with Crippen LogP contribution in [0.5, 0.6) is 0 Å². The third kappa shape index (κ3) is 6.94. The Morgan fingerprint density at radius 2 is 1.67 bits per heavy atom. The predicted molar refractivity (Wildman–Crippen MR) is 140 cm³/mol. The molecule has 1 saturated heterocycles. The van der Waals surface area contributed by atoms with Gasteiger partial charge in [-0.2, -0.15) is 13.2 Å². The summed E-state index contributed by atoms with van der Waals surface area (Å²) in [7, 11) is 1.84. The Morgan fingerprint density at radius 3 is 2.23 bits per heavy atom. The van der Waals surface area contributed by atoms with Gasteiger partial charge in [-0.15, -0.1) is 5.23 Å². The number of rotatable bonds is 7. The summed E-state index contributed by atoms with van der Waals surface area (Å²) in [5.74, 6) is 0.169. The molecular formula is C28H36F4N4O3. The van der Waals surface area contributed by atoms with Crippen molar-refractivity contribution in [3.63, 3.8) is 0 Å². The first kappa shape index (κ1) is 28.9. The van der Waals surface area contributed by atoms with Crippen LogP contribution in [-0.4, -0.2) is 53.9 Å². The Labute approximate surface area is 225 Å². The van der Waals surface area contributed by atoms with Crippen molar-refractivity contribution in [3.05, 3.63) is 53.8 Å². The average Bonchev–Trinajstić information content (AvgIpc) is 2.89. The maximum atomic E-state index is 13.4. The lowest BCUT2D eigenvalue weighted by Crippen LogP contribution is -2.49. The van der Waals surface area contributed by atoms with Crippen LogP contribution in [0.2, 0.25) is 0 Å². The minimum absolute atomic E-state index is 0.0122. The van der Waals surface area contributed by atoms with E-state index in [2.05, 4.69) is 10.2 Å². The molecule has 3 N–H and O–H groups in total. The molecule has 0 unspecified atom stereocenters. The molecule has 214 valence electrons. The van der Waals surface area contributed by atoms with Crippen molar-refractivity contribution in [2.75, 3.05) is 42.1 Å². The zero-order valence-electron chi connectivity index (χ0n) is 22.2. The molecule has 1 heterocycles. The minimum Gasteiger partial charge on any atom is -0.382 e. The average molecular weight is 553 g/mol. The molecular weight excluding hydrogens is 516 g/mol. The molecule has 2 aromatic carbocycles. The van der Waals surface area contributed by atoms with E-state index in [-0.39, 0.29) is 23.5 Å². The molecule has 1 amide bonds. The van der Waals surface area contributed by atoms with Gasteiger partial charge < -0.3 is 15.1 Å². The Bertz CT molecular complexity index is 1130. The minimum atomic E-state index is -4.74. The highest BCUT2D eigenvalue weighted by atomic mass is 19.4. The van der Waals surface area contributed by atoms with E-state index in [1.807, 2.05) is 18.9 Å². The highest BCUT2D eigenvalue weighted by Crippen LogP contribution is 2.39. The molecule has 1 saturated carbocycles. The fourth-order valence-electron chi connectivity index (χ4n) is 5.81. The quantitative estimate of drug-likeness (QED) is 0.282. The lowest BCUT2D eigenvalue weighted by atomic mass is 9.78. The van der Waals surface area contributed by atoms with Crippen LogP contribution in [0.4, 0.5) is 34.6 Å². The van der Waals surface area contributed by atoms with E-state index in [0.717, 1.165) is 56.6 Å². The fraction of sp³-hybridized carbons (Fsp3) is 0.536. The van der Waals surface area contributed by atoms with E-state index in [4.69, 9.17) is 10.4 Å². The first-order valence-electron chi connectivity index (χ1n) is 13.3. The topological polar surface area (TPSA) is 79.3 Å². The standard InChI is InChI=1S/C28H36F4N4O3/c1-27(13-15-35(16-14-27)23-10-5-20(29)6-11-23)26(37)34(2)18-19-3-7-21(8-4-19)33-22-9-12-25(36(38)39)24(17-22)28(30,31)32/h5-6,9-12,17,19,21,33,38-39H,3-4,7-8,13-16,18H2,1-2H3. The first-order valence-corrected chi connectivity index (χ1v) is 13.3. The summed E-state index contributed by atoms with van der Waals surface area (Å²) in [6, 6.07) is 9.70. The van der Waals surface area contributed by atoms with Gasteiger partial charge in [-0.3, -0.25) is 15.2 Å². The highest BCUT2D eigenvalue weighted by molar-refractivity contribution is 5.82. The molecule has 7 nitrogen and oxygen atoms in total. The Morgan fingerprint density at radius 1 is 1.05 bits per heavy atom. The molecule has 0 radical (unpaired) electrons. The van der Waals surface area contributed by atoms with Crippen LogP contribution in [-0.2, 0) is 11.0 Å². The number of hydrogen-bond acceptors (Lipinski definition) is 6. The molecule has 2 aromatic rings. The number of hydrogen-bond donors (Lipinski definition) is 3. The maximum absolute atomic E-state index is 13.4. The van der Waals surface area contributed by atoms with Crippen LogP contribution >= 0.6 is 0 Å². The fourth-order valence-corrected chi connectivity index (χ4v) is 5.81. The summed E-state index contributed by atoms with van der Waals surface area (Å²) in [6.45, 7) is 4.11. The zero-order valence-corrected chi connectivity index (χ0v) is 22.2. The summed E-state index contributed by atoms with van der Waals surface area (Å²) in [5.41, 5.74) is -1.10. The zero-order chi connectivity index (χ0) is 28.4. The number of nitrogens with one attached hydrogen (secondary N) is 1. The predicted octanol–water partition coefficient (Wildman–Crippen LogP) is 6.17. The van der Waals surface area contributed by atoms with Crippen LogP contribution in [0.15, 0.2) is 42.5 Å². The van der Waals surface area contributed by atoms with Crippen molar-refractivity contribution < 1.29 is 32.8 Å². The van der Waals surface area contributed by atoms with Crippen molar-refractivity contribution in [1.82, 2.24) is 4.90 Å². The van der Waals surface area contributed by atoms with Gasteiger partial charge in [0.05, 0.1) is 5.56 Å². The molecule has 0 bridgehead atoms. The molecule has 1 aliphatic heterocycles. The number of amides is 1. The van der Waals surface area contributed by atoms with Gasteiger partial charge in [-0.25, -0.2) is 4.39 Å². The third-order valence-electron chi connectivity index (χ3n) is 8.19. The number of nitrogens with zero attached hydrogens (tertiary/aromatic N) is 3. The molecule has 11 heteroatoms. The van der Waals surface area contributed by atoms with E-state index in [9.17, 15) is 22.4 Å². The largest absolute Gasteiger partial charge is 0.418 e. The van der Waals surface area contributed by atoms with Gasteiger partial charge in [0.15, 0.2) is 0 Å². The molecule has 0 atom stereocenters. The molecule has 39 heavy (non-hydrogen) atoms. The Kier molecular flexibility index (Phi) is 8.60. The number of piperidine rings is 1. The lowest BCUT2D eigenvalue weighted by molar-refractivity contribution is -0.142. The van der Waals surface area contributed by atoms with Gasteiger partial charge in [0.25, 0.3) is 0 Å². The van der Waals surface area contributed by atoms with Crippen LogP contribution in [0.25, 0.3) is 0 Å². The van der Waals surface area contributed by atoms with Gasteiger partial charge in [-0.05, 0) is 86.9 Å². The summed E-state index contributed by atoms with van der Waals surface area (Å²) in [5, 5.41) is 20.9. The number of carbonyl (C=O) groups is 1.